The van der Waals surface area contributed by atoms with E-state index >= 15 is 0 Å². The Kier molecular flexibility index (Phi) is 3.74. The summed E-state index contributed by atoms with van der Waals surface area (Å²) in [6.07, 6.45) is 0.889. The molecule has 0 aliphatic carbocycles. The van der Waals surface area contributed by atoms with Crippen LogP contribution in [0.3, 0.4) is 0 Å². The quantitative estimate of drug-likeness (QED) is 0.700. The minimum Gasteiger partial charge on any atom is -0.298 e. The summed E-state index contributed by atoms with van der Waals surface area (Å²) in [6.45, 7) is 3.90. The molecule has 92 valence electrons. The van der Waals surface area contributed by atoms with Crippen LogP contribution in [0.25, 0.3) is 11.1 Å². The molecular weight excluding hydrogens is 267 g/mol. The first kappa shape index (κ1) is 13.1. The molecule has 0 aliphatic rings. The van der Waals surface area contributed by atoms with Crippen LogP contribution in [0.4, 0.5) is 0 Å². The maximum Gasteiger partial charge on any atom is 0.150 e. The monoisotopic (exact) mass is 278 g/mol. The number of halogens is 2. The summed E-state index contributed by atoms with van der Waals surface area (Å²) >= 11 is 11.9. The smallest absolute Gasteiger partial charge is 0.150 e. The molecule has 0 spiro atoms. The van der Waals surface area contributed by atoms with Crippen LogP contribution >= 0.6 is 23.2 Å². The number of carbonyl (C=O) groups is 1. The van der Waals surface area contributed by atoms with E-state index in [0.717, 1.165) is 28.5 Å². The van der Waals surface area contributed by atoms with Crippen LogP contribution in [0, 0.1) is 13.8 Å². The minimum absolute atomic E-state index is 0.493. The summed E-state index contributed by atoms with van der Waals surface area (Å²) in [7, 11) is 0. The Morgan fingerprint density at radius 3 is 2.22 bits per heavy atom. The van der Waals surface area contributed by atoms with Crippen molar-refractivity contribution >= 4 is 29.5 Å². The number of benzene rings is 2. The first-order valence-corrected chi connectivity index (χ1v) is 6.31. The Labute approximate surface area is 116 Å². The Morgan fingerprint density at radius 2 is 1.61 bits per heavy atom. The molecule has 0 radical (unpaired) electrons. The van der Waals surface area contributed by atoms with Gasteiger partial charge in [0.25, 0.3) is 0 Å². The first-order chi connectivity index (χ1) is 8.54. The molecular formula is C15H12Cl2O. The van der Waals surface area contributed by atoms with E-state index in [1.165, 1.54) is 0 Å². The zero-order valence-electron chi connectivity index (χ0n) is 10.1. The average Bonchev–Trinajstić information content (AvgIpc) is 2.35. The molecule has 0 saturated heterocycles. The molecule has 0 saturated carbocycles. The normalized spacial score (nSPS) is 10.4. The van der Waals surface area contributed by atoms with Crippen LogP contribution in [0.5, 0.6) is 0 Å². The fourth-order valence-electron chi connectivity index (χ4n) is 2.02. The van der Waals surface area contributed by atoms with E-state index in [9.17, 15) is 4.79 Å². The summed E-state index contributed by atoms with van der Waals surface area (Å²) in [5, 5.41) is 1.00. The Morgan fingerprint density at radius 1 is 0.944 bits per heavy atom. The second-order valence-corrected chi connectivity index (χ2v) is 5.05. The van der Waals surface area contributed by atoms with Crippen molar-refractivity contribution in [2.75, 3.05) is 0 Å². The van der Waals surface area contributed by atoms with Gasteiger partial charge < -0.3 is 0 Å². The van der Waals surface area contributed by atoms with Crippen LogP contribution in [0.1, 0.15) is 21.5 Å². The Balaban J connectivity index is 2.73. The average molecular weight is 279 g/mol. The number of aldehydes is 1. The lowest BCUT2D eigenvalue weighted by molar-refractivity contribution is 0.112. The summed E-state index contributed by atoms with van der Waals surface area (Å²) in [4.78, 5) is 11.3. The molecule has 2 aromatic carbocycles. The second kappa shape index (κ2) is 5.13. The lowest BCUT2D eigenvalue weighted by Crippen LogP contribution is -1.95. The maximum absolute atomic E-state index is 11.3. The van der Waals surface area contributed by atoms with Crippen molar-refractivity contribution in [2.24, 2.45) is 0 Å². The van der Waals surface area contributed by atoms with Gasteiger partial charge in [-0.15, -0.1) is 0 Å². The van der Waals surface area contributed by atoms with Crippen LogP contribution in [-0.4, -0.2) is 6.29 Å². The topological polar surface area (TPSA) is 17.1 Å². The SMILES string of the molecule is Cc1ccc(C)c(-c2ccc(Cl)c(Cl)c2)c1C=O. The Bertz CT molecular complexity index is 618. The van der Waals surface area contributed by atoms with Crippen molar-refractivity contribution in [1.82, 2.24) is 0 Å². The number of hydrogen-bond donors (Lipinski definition) is 0. The number of carbonyl (C=O) groups excluding carboxylic acids is 1. The van der Waals surface area contributed by atoms with Gasteiger partial charge in [-0.05, 0) is 48.2 Å². The summed E-state index contributed by atoms with van der Waals surface area (Å²) in [5.41, 5.74) is 4.53. The molecule has 0 N–H and O–H groups in total. The van der Waals surface area contributed by atoms with Crippen molar-refractivity contribution in [1.29, 1.82) is 0 Å². The van der Waals surface area contributed by atoms with Gasteiger partial charge >= 0.3 is 0 Å². The molecule has 3 heteroatoms. The summed E-state index contributed by atoms with van der Waals surface area (Å²) < 4.78 is 0. The van der Waals surface area contributed by atoms with E-state index in [1.807, 2.05) is 32.0 Å². The van der Waals surface area contributed by atoms with Crippen LogP contribution in [-0.2, 0) is 0 Å². The fraction of sp³-hybridized carbons (Fsp3) is 0.133. The van der Waals surface area contributed by atoms with Gasteiger partial charge in [0.2, 0.25) is 0 Å². The largest absolute Gasteiger partial charge is 0.298 e. The highest BCUT2D eigenvalue weighted by molar-refractivity contribution is 6.42. The molecule has 2 aromatic rings. The van der Waals surface area contributed by atoms with Crippen molar-refractivity contribution in [2.45, 2.75) is 13.8 Å². The van der Waals surface area contributed by atoms with E-state index < -0.39 is 0 Å². The van der Waals surface area contributed by atoms with Gasteiger partial charge in [0.1, 0.15) is 0 Å². The highest BCUT2D eigenvalue weighted by Crippen LogP contribution is 2.33. The molecule has 0 bridgehead atoms. The van der Waals surface area contributed by atoms with Crippen LogP contribution < -0.4 is 0 Å². The third kappa shape index (κ3) is 2.29. The van der Waals surface area contributed by atoms with E-state index in [-0.39, 0.29) is 0 Å². The fourth-order valence-corrected chi connectivity index (χ4v) is 2.32. The van der Waals surface area contributed by atoms with E-state index in [2.05, 4.69) is 0 Å². The number of hydrogen-bond acceptors (Lipinski definition) is 1. The van der Waals surface area contributed by atoms with Crippen molar-refractivity contribution in [3.8, 4) is 11.1 Å². The van der Waals surface area contributed by atoms with Crippen LogP contribution in [0.2, 0.25) is 10.0 Å². The Hall–Kier alpha value is -1.31. The highest BCUT2D eigenvalue weighted by Gasteiger charge is 2.11. The third-order valence-electron chi connectivity index (χ3n) is 3.00. The van der Waals surface area contributed by atoms with Gasteiger partial charge in [-0.2, -0.15) is 0 Å². The number of rotatable bonds is 2. The molecule has 1 nitrogen and oxygen atoms in total. The molecule has 0 unspecified atom stereocenters. The summed E-state index contributed by atoms with van der Waals surface area (Å²) in [6, 6.07) is 9.36. The van der Waals surface area contributed by atoms with Gasteiger partial charge in [0.15, 0.2) is 6.29 Å². The molecule has 2 rings (SSSR count). The molecule has 18 heavy (non-hydrogen) atoms. The molecule has 0 aliphatic heterocycles. The zero-order chi connectivity index (χ0) is 13.3. The van der Waals surface area contributed by atoms with Gasteiger partial charge in [-0.25, -0.2) is 0 Å². The number of aryl methyl sites for hydroxylation is 2. The van der Waals surface area contributed by atoms with Gasteiger partial charge in [-0.3, -0.25) is 4.79 Å². The highest BCUT2D eigenvalue weighted by atomic mass is 35.5. The molecule has 0 aromatic heterocycles. The predicted molar refractivity (Wildman–Crippen MR) is 76.8 cm³/mol. The molecule has 0 heterocycles. The van der Waals surface area contributed by atoms with Crippen molar-refractivity contribution in [3.05, 3.63) is 57.1 Å². The minimum atomic E-state index is 0.493. The maximum atomic E-state index is 11.3. The molecule has 0 atom stereocenters. The van der Waals surface area contributed by atoms with Crippen molar-refractivity contribution in [3.63, 3.8) is 0 Å². The van der Waals surface area contributed by atoms with Gasteiger partial charge in [-0.1, -0.05) is 41.4 Å². The standard InChI is InChI=1S/C15H12Cl2O/c1-9-3-4-10(2)15(12(9)8-18)11-5-6-13(16)14(17)7-11/h3-8H,1-2H3. The molecule has 0 amide bonds. The lowest BCUT2D eigenvalue weighted by atomic mass is 9.92. The third-order valence-corrected chi connectivity index (χ3v) is 3.74. The molecule has 0 fully saturated rings. The zero-order valence-corrected chi connectivity index (χ0v) is 11.6. The van der Waals surface area contributed by atoms with Crippen LogP contribution in [0.15, 0.2) is 30.3 Å². The van der Waals surface area contributed by atoms with Gasteiger partial charge in [0.05, 0.1) is 10.0 Å². The predicted octanol–water partition coefficient (Wildman–Crippen LogP) is 5.09. The first-order valence-electron chi connectivity index (χ1n) is 5.55. The van der Waals surface area contributed by atoms with E-state index in [1.54, 1.807) is 12.1 Å². The summed E-state index contributed by atoms with van der Waals surface area (Å²) in [5.74, 6) is 0. The van der Waals surface area contributed by atoms with E-state index in [0.29, 0.717) is 15.6 Å². The van der Waals surface area contributed by atoms with Crippen molar-refractivity contribution < 1.29 is 4.79 Å². The second-order valence-electron chi connectivity index (χ2n) is 4.23. The van der Waals surface area contributed by atoms with Gasteiger partial charge in [0, 0.05) is 5.56 Å². The lowest BCUT2D eigenvalue weighted by Gasteiger charge is -2.12. The van der Waals surface area contributed by atoms with E-state index in [4.69, 9.17) is 23.2 Å².